The van der Waals surface area contributed by atoms with Gasteiger partial charge in [-0.1, -0.05) is 33.6 Å². The SMILES string of the molecule is CCCCC(O)C(N)C(C)C. The molecule has 0 aromatic heterocycles. The van der Waals surface area contributed by atoms with Crippen LogP contribution in [0.15, 0.2) is 0 Å². The number of hydrogen-bond donors (Lipinski definition) is 2. The normalized spacial score (nSPS) is 16.9. The third-order valence-electron chi connectivity index (χ3n) is 2.07. The fraction of sp³-hybridized carbons (Fsp3) is 1.00. The zero-order valence-electron chi connectivity index (χ0n) is 7.88. The van der Waals surface area contributed by atoms with E-state index < -0.39 is 0 Å². The number of rotatable bonds is 5. The summed E-state index contributed by atoms with van der Waals surface area (Å²) < 4.78 is 0. The third-order valence-corrected chi connectivity index (χ3v) is 2.07. The van der Waals surface area contributed by atoms with Gasteiger partial charge < -0.3 is 10.8 Å². The first-order valence-electron chi connectivity index (χ1n) is 4.53. The molecule has 2 atom stereocenters. The lowest BCUT2D eigenvalue weighted by Gasteiger charge is -2.21. The van der Waals surface area contributed by atoms with Crippen molar-refractivity contribution in [2.24, 2.45) is 11.7 Å². The molecule has 0 radical (unpaired) electrons. The highest BCUT2D eigenvalue weighted by molar-refractivity contribution is 4.74. The van der Waals surface area contributed by atoms with Gasteiger partial charge in [-0.25, -0.2) is 0 Å². The van der Waals surface area contributed by atoms with Crippen LogP contribution < -0.4 is 5.73 Å². The van der Waals surface area contributed by atoms with Gasteiger partial charge in [0.1, 0.15) is 0 Å². The number of aliphatic hydroxyl groups excluding tert-OH is 1. The van der Waals surface area contributed by atoms with Gasteiger partial charge in [0.05, 0.1) is 6.10 Å². The van der Waals surface area contributed by atoms with Crippen LogP contribution in [0.4, 0.5) is 0 Å². The van der Waals surface area contributed by atoms with Gasteiger partial charge in [0.15, 0.2) is 0 Å². The van der Waals surface area contributed by atoms with Crippen LogP contribution in [0.3, 0.4) is 0 Å². The van der Waals surface area contributed by atoms with Crippen LogP contribution in [0, 0.1) is 5.92 Å². The lowest BCUT2D eigenvalue weighted by Crippen LogP contribution is -2.39. The highest BCUT2D eigenvalue weighted by Gasteiger charge is 2.16. The maximum absolute atomic E-state index is 9.49. The lowest BCUT2D eigenvalue weighted by atomic mass is 9.96. The van der Waals surface area contributed by atoms with Crippen LogP contribution in [-0.2, 0) is 0 Å². The standard InChI is InChI=1S/C9H21NO/c1-4-5-6-8(11)9(10)7(2)3/h7-9,11H,4-6,10H2,1-3H3. The largest absolute Gasteiger partial charge is 0.392 e. The minimum absolute atomic E-state index is 0.0541. The minimum atomic E-state index is -0.310. The Morgan fingerprint density at radius 3 is 2.27 bits per heavy atom. The monoisotopic (exact) mass is 159 g/mol. The van der Waals surface area contributed by atoms with Gasteiger partial charge in [-0.2, -0.15) is 0 Å². The molecule has 0 aliphatic rings. The molecule has 11 heavy (non-hydrogen) atoms. The van der Waals surface area contributed by atoms with Gasteiger partial charge in [-0.3, -0.25) is 0 Å². The number of unbranched alkanes of at least 4 members (excludes halogenated alkanes) is 1. The molecule has 2 unspecified atom stereocenters. The molecule has 2 nitrogen and oxygen atoms in total. The molecule has 0 heterocycles. The average Bonchev–Trinajstić information content (AvgIpc) is 1.98. The van der Waals surface area contributed by atoms with E-state index in [1.54, 1.807) is 0 Å². The van der Waals surface area contributed by atoms with Crippen molar-refractivity contribution in [3.8, 4) is 0 Å². The quantitative estimate of drug-likeness (QED) is 0.639. The zero-order valence-corrected chi connectivity index (χ0v) is 7.88. The predicted molar refractivity (Wildman–Crippen MR) is 48.3 cm³/mol. The first-order chi connectivity index (χ1) is 5.09. The Kier molecular flexibility index (Phi) is 5.51. The topological polar surface area (TPSA) is 46.2 Å². The Morgan fingerprint density at radius 1 is 1.36 bits per heavy atom. The summed E-state index contributed by atoms with van der Waals surface area (Å²) >= 11 is 0. The van der Waals surface area contributed by atoms with E-state index in [-0.39, 0.29) is 12.1 Å². The maximum atomic E-state index is 9.49. The highest BCUT2D eigenvalue weighted by atomic mass is 16.3. The Balaban J connectivity index is 3.55. The Hall–Kier alpha value is -0.0800. The molecule has 0 rings (SSSR count). The summed E-state index contributed by atoms with van der Waals surface area (Å²) in [5.74, 6) is 0.377. The fourth-order valence-corrected chi connectivity index (χ4v) is 1.05. The van der Waals surface area contributed by atoms with Crippen LogP contribution in [-0.4, -0.2) is 17.3 Å². The van der Waals surface area contributed by atoms with E-state index >= 15 is 0 Å². The zero-order chi connectivity index (χ0) is 8.85. The summed E-state index contributed by atoms with van der Waals surface area (Å²) in [5, 5.41) is 9.49. The Labute approximate surface area is 69.8 Å². The average molecular weight is 159 g/mol. The molecule has 3 N–H and O–H groups in total. The van der Waals surface area contributed by atoms with Crippen LogP contribution >= 0.6 is 0 Å². The smallest absolute Gasteiger partial charge is 0.0693 e. The molecule has 0 aromatic rings. The molecule has 0 saturated heterocycles. The predicted octanol–water partition coefficient (Wildman–Crippen LogP) is 1.52. The van der Waals surface area contributed by atoms with Gasteiger partial charge >= 0.3 is 0 Å². The van der Waals surface area contributed by atoms with Crippen molar-refractivity contribution in [2.45, 2.75) is 52.2 Å². The van der Waals surface area contributed by atoms with Crippen LogP contribution in [0.1, 0.15) is 40.0 Å². The van der Waals surface area contributed by atoms with Crippen molar-refractivity contribution < 1.29 is 5.11 Å². The highest BCUT2D eigenvalue weighted by Crippen LogP contribution is 2.09. The van der Waals surface area contributed by atoms with Crippen molar-refractivity contribution in [2.75, 3.05) is 0 Å². The lowest BCUT2D eigenvalue weighted by molar-refractivity contribution is 0.113. The third kappa shape index (κ3) is 4.38. The van der Waals surface area contributed by atoms with E-state index in [9.17, 15) is 5.11 Å². The van der Waals surface area contributed by atoms with E-state index in [1.165, 1.54) is 0 Å². The number of aliphatic hydroxyl groups is 1. The molecule has 0 saturated carbocycles. The van der Waals surface area contributed by atoms with Crippen molar-refractivity contribution in [3.63, 3.8) is 0 Å². The molecule has 0 aliphatic heterocycles. The molecular weight excluding hydrogens is 138 g/mol. The van der Waals surface area contributed by atoms with Crippen molar-refractivity contribution in [1.82, 2.24) is 0 Å². The van der Waals surface area contributed by atoms with E-state index in [2.05, 4.69) is 6.92 Å². The van der Waals surface area contributed by atoms with Crippen LogP contribution in [0.2, 0.25) is 0 Å². The molecule has 0 spiro atoms. The molecular formula is C9H21NO. The molecule has 0 bridgehead atoms. The van der Waals surface area contributed by atoms with E-state index in [0.717, 1.165) is 19.3 Å². The van der Waals surface area contributed by atoms with Gasteiger partial charge in [-0.15, -0.1) is 0 Å². The molecule has 2 heteroatoms. The van der Waals surface area contributed by atoms with Gasteiger partial charge in [-0.05, 0) is 12.3 Å². The number of nitrogens with two attached hydrogens (primary N) is 1. The second-order valence-corrected chi connectivity index (χ2v) is 3.53. The summed E-state index contributed by atoms with van der Waals surface area (Å²) in [6, 6.07) is -0.0541. The molecule has 0 fully saturated rings. The van der Waals surface area contributed by atoms with Crippen LogP contribution in [0.25, 0.3) is 0 Å². The molecule has 0 aromatic carbocycles. The summed E-state index contributed by atoms with van der Waals surface area (Å²) in [6.45, 7) is 6.20. The van der Waals surface area contributed by atoms with Gasteiger partial charge in [0.2, 0.25) is 0 Å². The first-order valence-corrected chi connectivity index (χ1v) is 4.53. The Morgan fingerprint density at radius 2 is 1.91 bits per heavy atom. The molecule has 0 aliphatic carbocycles. The number of hydrogen-bond acceptors (Lipinski definition) is 2. The van der Waals surface area contributed by atoms with Crippen molar-refractivity contribution in [1.29, 1.82) is 0 Å². The maximum Gasteiger partial charge on any atom is 0.0693 e. The van der Waals surface area contributed by atoms with Gasteiger partial charge in [0, 0.05) is 6.04 Å². The van der Waals surface area contributed by atoms with E-state index in [1.807, 2.05) is 13.8 Å². The second-order valence-electron chi connectivity index (χ2n) is 3.53. The van der Waals surface area contributed by atoms with E-state index in [4.69, 9.17) is 5.73 Å². The summed E-state index contributed by atoms with van der Waals surface area (Å²) in [4.78, 5) is 0. The van der Waals surface area contributed by atoms with Gasteiger partial charge in [0.25, 0.3) is 0 Å². The van der Waals surface area contributed by atoms with Crippen molar-refractivity contribution >= 4 is 0 Å². The van der Waals surface area contributed by atoms with Crippen LogP contribution in [0.5, 0.6) is 0 Å². The molecule has 0 amide bonds. The van der Waals surface area contributed by atoms with Crippen molar-refractivity contribution in [3.05, 3.63) is 0 Å². The van der Waals surface area contributed by atoms with E-state index in [0.29, 0.717) is 5.92 Å². The molecule has 68 valence electrons. The first kappa shape index (κ1) is 10.9. The Bertz CT molecular complexity index is 93.6. The minimum Gasteiger partial charge on any atom is -0.392 e. The summed E-state index contributed by atoms with van der Waals surface area (Å²) in [5.41, 5.74) is 5.75. The second kappa shape index (κ2) is 5.56. The fourth-order valence-electron chi connectivity index (χ4n) is 1.05. The summed E-state index contributed by atoms with van der Waals surface area (Å²) in [6.07, 6.45) is 2.73. The summed E-state index contributed by atoms with van der Waals surface area (Å²) in [7, 11) is 0.